The van der Waals surface area contributed by atoms with Crippen LogP contribution >= 0.6 is 0 Å². The number of carboxylic acids is 1. The van der Waals surface area contributed by atoms with Crippen LogP contribution in [0.5, 0.6) is 0 Å². The average Bonchev–Trinajstić information content (AvgIpc) is 3.03. The Bertz CT molecular complexity index is 374. The van der Waals surface area contributed by atoms with Crippen molar-refractivity contribution in [3.63, 3.8) is 0 Å². The van der Waals surface area contributed by atoms with Gasteiger partial charge in [-0.3, -0.25) is 4.79 Å². The minimum Gasteiger partial charge on any atom is -0.481 e. The number of amides is 2. The third-order valence-corrected chi connectivity index (χ3v) is 4.46. The predicted molar refractivity (Wildman–Crippen MR) is 73.5 cm³/mol. The van der Waals surface area contributed by atoms with Crippen molar-refractivity contribution in [3.8, 4) is 0 Å². The van der Waals surface area contributed by atoms with E-state index in [0.29, 0.717) is 25.5 Å². The van der Waals surface area contributed by atoms with E-state index in [1.54, 1.807) is 4.90 Å². The molecule has 3 atom stereocenters. The Morgan fingerprint density at radius 3 is 2.75 bits per heavy atom. The molecule has 6 nitrogen and oxygen atoms in total. The summed E-state index contributed by atoms with van der Waals surface area (Å²) >= 11 is 0. The zero-order valence-corrected chi connectivity index (χ0v) is 12.2. The maximum atomic E-state index is 12.4. The van der Waals surface area contributed by atoms with Gasteiger partial charge in [0.15, 0.2) is 0 Å². The van der Waals surface area contributed by atoms with Crippen molar-refractivity contribution >= 4 is 12.0 Å². The van der Waals surface area contributed by atoms with Gasteiger partial charge in [0.2, 0.25) is 0 Å². The maximum Gasteiger partial charge on any atom is 0.320 e. The number of carboxylic acid groups (broad SMARTS) is 1. The van der Waals surface area contributed by atoms with E-state index in [2.05, 4.69) is 0 Å². The van der Waals surface area contributed by atoms with Gasteiger partial charge in [0.1, 0.15) is 0 Å². The molecular formula is C14H24N2O4. The van der Waals surface area contributed by atoms with Crippen LogP contribution in [0.15, 0.2) is 0 Å². The summed E-state index contributed by atoms with van der Waals surface area (Å²) in [6, 6.07) is 0.200. The largest absolute Gasteiger partial charge is 0.481 e. The number of rotatable bonds is 4. The molecule has 2 aliphatic rings. The molecule has 2 saturated heterocycles. The van der Waals surface area contributed by atoms with E-state index >= 15 is 0 Å². The Hall–Kier alpha value is -1.30. The minimum atomic E-state index is -0.760. The van der Waals surface area contributed by atoms with Gasteiger partial charge < -0.3 is 19.6 Å². The Morgan fingerprint density at radius 1 is 1.40 bits per heavy atom. The molecule has 0 radical (unpaired) electrons. The standard InChI is InChI=1S/C14H24N2O4/c1-10-12(6-8-20-10)15(2)14(19)16-7-5-11(9-16)3-4-13(17)18/h10-12H,3-9H2,1-2H3,(H,17,18). The second-order valence-electron chi connectivity index (χ2n) is 5.86. The van der Waals surface area contributed by atoms with E-state index in [0.717, 1.165) is 19.4 Å². The number of urea groups is 1. The van der Waals surface area contributed by atoms with E-state index in [4.69, 9.17) is 9.84 Å². The minimum absolute atomic E-state index is 0.0465. The average molecular weight is 284 g/mol. The normalized spacial score (nSPS) is 29.7. The van der Waals surface area contributed by atoms with Crippen LogP contribution in [0, 0.1) is 5.92 Å². The highest BCUT2D eigenvalue weighted by molar-refractivity contribution is 5.75. The van der Waals surface area contributed by atoms with Gasteiger partial charge in [0.25, 0.3) is 0 Å². The molecule has 0 aromatic heterocycles. The lowest BCUT2D eigenvalue weighted by molar-refractivity contribution is -0.137. The zero-order valence-electron chi connectivity index (χ0n) is 12.2. The van der Waals surface area contributed by atoms with Crippen molar-refractivity contribution in [2.24, 2.45) is 5.92 Å². The number of likely N-dealkylation sites (tertiary alicyclic amines) is 1. The van der Waals surface area contributed by atoms with Gasteiger partial charge in [-0.25, -0.2) is 4.79 Å². The van der Waals surface area contributed by atoms with Gasteiger partial charge in [-0.05, 0) is 32.1 Å². The predicted octanol–water partition coefficient (Wildman–Crippen LogP) is 1.40. The fourth-order valence-corrected chi connectivity index (χ4v) is 3.16. The van der Waals surface area contributed by atoms with E-state index in [-0.39, 0.29) is 24.6 Å². The molecule has 0 aliphatic carbocycles. The summed E-state index contributed by atoms with van der Waals surface area (Å²) in [7, 11) is 1.84. The van der Waals surface area contributed by atoms with Gasteiger partial charge >= 0.3 is 12.0 Å². The van der Waals surface area contributed by atoms with Crippen molar-refractivity contribution < 1.29 is 19.4 Å². The first kappa shape index (κ1) is 15.1. The zero-order chi connectivity index (χ0) is 14.7. The maximum absolute atomic E-state index is 12.4. The van der Waals surface area contributed by atoms with E-state index in [1.165, 1.54) is 0 Å². The van der Waals surface area contributed by atoms with Crippen LogP contribution < -0.4 is 0 Å². The van der Waals surface area contributed by atoms with Crippen LogP contribution in [0.3, 0.4) is 0 Å². The highest BCUT2D eigenvalue weighted by Crippen LogP contribution is 2.24. The molecule has 0 aromatic rings. The first-order valence-electron chi connectivity index (χ1n) is 7.34. The summed E-state index contributed by atoms with van der Waals surface area (Å²) in [6.07, 6.45) is 2.74. The Labute approximate surface area is 119 Å². The van der Waals surface area contributed by atoms with Crippen molar-refractivity contribution in [3.05, 3.63) is 0 Å². The molecule has 2 aliphatic heterocycles. The van der Waals surface area contributed by atoms with E-state index in [1.807, 2.05) is 18.9 Å². The third kappa shape index (κ3) is 3.42. The molecule has 1 N–H and O–H groups in total. The molecule has 2 rings (SSSR count). The summed E-state index contributed by atoms with van der Waals surface area (Å²) in [5.74, 6) is -0.440. The summed E-state index contributed by atoms with van der Waals surface area (Å²) in [5.41, 5.74) is 0. The topological polar surface area (TPSA) is 70.1 Å². The quantitative estimate of drug-likeness (QED) is 0.847. The number of ether oxygens (including phenoxy) is 1. The molecule has 2 heterocycles. The second kappa shape index (κ2) is 6.43. The van der Waals surface area contributed by atoms with Crippen LogP contribution in [-0.2, 0) is 9.53 Å². The van der Waals surface area contributed by atoms with Crippen LogP contribution in [-0.4, -0.2) is 65.8 Å². The summed E-state index contributed by atoms with van der Waals surface area (Å²) in [6.45, 7) is 4.12. The van der Waals surface area contributed by atoms with Crippen molar-refractivity contribution in [2.75, 3.05) is 26.7 Å². The SMILES string of the molecule is CC1OCCC1N(C)C(=O)N1CCC(CCC(=O)O)C1. The number of carbonyl (C=O) groups excluding carboxylic acids is 1. The number of likely N-dealkylation sites (N-methyl/N-ethyl adjacent to an activating group) is 1. The second-order valence-corrected chi connectivity index (χ2v) is 5.86. The van der Waals surface area contributed by atoms with Crippen molar-refractivity contribution in [1.29, 1.82) is 0 Å². The fraction of sp³-hybridized carbons (Fsp3) is 0.857. The Morgan fingerprint density at radius 2 is 2.15 bits per heavy atom. The Balaban J connectivity index is 1.83. The number of hydrogen-bond acceptors (Lipinski definition) is 3. The van der Waals surface area contributed by atoms with Crippen LogP contribution in [0.4, 0.5) is 4.79 Å². The van der Waals surface area contributed by atoms with Crippen LogP contribution in [0.1, 0.15) is 32.6 Å². The monoisotopic (exact) mass is 284 g/mol. The Kier molecular flexibility index (Phi) is 4.86. The number of carbonyl (C=O) groups is 2. The van der Waals surface area contributed by atoms with Crippen LogP contribution in [0.2, 0.25) is 0 Å². The molecule has 20 heavy (non-hydrogen) atoms. The molecule has 6 heteroatoms. The van der Waals surface area contributed by atoms with E-state index < -0.39 is 5.97 Å². The molecule has 3 unspecified atom stereocenters. The lowest BCUT2D eigenvalue weighted by Gasteiger charge is -2.31. The molecule has 0 aromatic carbocycles. The lowest BCUT2D eigenvalue weighted by atomic mass is 10.0. The fourth-order valence-electron chi connectivity index (χ4n) is 3.16. The van der Waals surface area contributed by atoms with E-state index in [9.17, 15) is 9.59 Å². The molecule has 114 valence electrons. The highest BCUT2D eigenvalue weighted by Gasteiger charge is 2.35. The molecule has 2 amide bonds. The molecule has 0 bridgehead atoms. The number of hydrogen-bond donors (Lipinski definition) is 1. The van der Waals surface area contributed by atoms with Gasteiger partial charge in [-0.1, -0.05) is 0 Å². The molecule has 0 spiro atoms. The lowest BCUT2D eigenvalue weighted by Crippen LogP contribution is -2.47. The van der Waals surface area contributed by atoms with Crippen molar-refractivity contribution in [1.82, 2.24) is 9.80 Å². The first-order chi connectivity index (χ1) is 9.49. The molecular weight excluding hydrogens is 260 g/mol. The molecule has 0 saturated carbocycles. The van der Waals surface area contributed by atoms with Gasteiger partial charge in [-0.15, -0.1) is 0 Å². The summed E-state index contributed by atoms with van der Waals surface area (Å²) in [4.78, 5) is 26.7. The first-order valence-corrected chi connectivity index (χ1v) is 7.34. The van der Waals surface area contributed by atoms with Crippen molar-refractivity contribution in [2.45, 2.75) is 44.8 Å². The summed E-state index contributed by atoms with van der Waals surface area (Å²) in [5, 5.41) is 8.71. The van der Waals surface area contributed by atoms with Gasteiger partial charge in [-0.2, -0.15) is 0 Å². The smallest absolute Gasteiger partial charge is 0.320 e. The number of aliphatic carboxylic acids is 1. The third-order valence-electron chi connectivity index (χ3n) is 4.46. The summed E-state index contributed by atoms with van der Waals surface area (Å²) < 4.78 is 5.51. The van der Waals surface area contributed by atoms with Gasteiger partial charge in [0, 0.05) is 33.2 Å². The van der Waals surface area contributed by atoms with Crippen LogP contribution in [0.25, 0.3) is 0 Å². The number of nitrogens with zero attached hydrogens (tertiary/aromatic N) is 2. The van der Waals surface area contributed by atoms with Gasteiger partial charge in [0.05, 0.1) is 12.1 Å². The highest BCUT2D eigenvalue weighted by atomic mass is 16.5. The molecule has 2 fully saturated rings.